The summed E-state index contributed by atoms with van der Waals surface area (Å²) in [7, 11) is 1.77. The molecule has 1 aliphatic carbocycles. The van der Waals surface area contributed by atoms with Crippen LogP contribution >= 0.6 is 0 Å². The van der Waals surface area contributed by atoms with E-state index in [1.54, 1.807) is 13.1 Å². The Morgan fingerprint density at radius 2 is 1.97 bits per heavy atom. The molecule has 2 aliphatic heterocycles. The Kier molecular flexibility index (Phi) is 5.27. The summed E-state index contributed by atoms with van der Waals surface area (Å²) in [6, 6.07) is 3.51. The maximum absolute atomic E-state index is 13.1. The number of benzene rings is 1. The highest BCUT2D eigenvalue weighted by atomic mass is 19.4. The first-order chi connectivity index (χ1) is 13.8. The van der Waals surface area contributed by atoms with E-state index in [4.69, 9.17) is 10.5 Å². The number of nitrogens with one attached hydrogen (secondary N) is 2. The topological polar surface area (TPSA) is 79.6 Å². The Morgan fingerprint density at radius 1 is 1.24 bits per heavy atom. The highest BCUT2D eigenvalue weighted by Gasteiger charge is 2.42. The second-order valence-corrected chi connectivity index (χ2v) is 8.27. The number of morpholine rings is 1. The third-order valence-corrected chi connectivity index (χ3v) is 6.42. The minimum Gasteiger partial charge on any atom is -0.397 e. The van der Waals surface area contributed by atoms with Crippen molar-refractivity contribution in [2.24, 2.45) is 5.92 Å². The van der Waals surface area contributed by atoms with Crippen LogP contribution in [0.15, 0.2) is 12.1 Å². The first-order valence-corrected chi connectivity index (χ1v) is 10.1. The molecule has 1 amide bonds. The van der Waals surface area contributed by atoms with E-state index < -0.39 is 12.1 Å². The molecule has 0 radical (unpaired) electrons. The van der Waals surface area contributed by atoms with E-state index in [1.165, 1.54) is 0 Å². The van der Waals surface area contributed by atoms with Gasteiger partial charge in [-0.25, -0.2) is 0 Å². The van der Waals surface area contributed by atoms with Crippen LogP contribution in [0.4, 0.5) is 30.2 Å². The molecule has 160 valence electrons. The Balaban J connectivity index is 1.51. The lowest BCUT2D eigenvalue weighted by atomic mass is 9.85. The lowest BCUT2D eigenvalue weighted by Crippen LogP contribution is -2.42. The molecular formula is C20H27F3N4O2. The van der Waals surface area contributed by atoms with E-state index >= 15 is 0 Å². The molecule has 0 spiro atoms. The van der Waals surface area contributed by atoms with Crippen molar-refractivity contribution >= 4 is 23.0 Å². The number of hydrogen-bond acceptors (Lipinski definition) is 5. The number of carbonyl (C=O) groups is 1. The van der Waals surface area contributed by atoms with Gasteiger partial charge < -0.3 is 26.0 Å². The highest BCUT2D eigenvalue weighted by molar-refractivity contribution is 6.02. The van der Waals surface area contributed by atoms with Crippen molar-refractivity contribution in [3.8, 4) is 0 Å². The van der Waals surface area contributed by atoms with Crippen molar-refractivity contribution in [3.63, 3.8) is 0 Å². The van der Waals surface area contributed by atoms with Gasteiger partial charge in [0.15, 0.2) is 0 Å². The predicted octanol–water partition coefficient (Wildman–Crippen LogP) is 3.14. The fourth-order valence-electron chi connectivity index (χ4n) is 4.76. The minimum atomic E-state index is -4.16. The molecular weight excluding hydrogens is 385 g/mol. The van der Waals surface area contributed by atoms with Crippen LogP contribution in [-0.2, 0) is 4.74 Å². The van der Waals surface area contributed by atoms with Gasteiger partial charge in [0, 0.05) is 19.6 Å². The number of nitrogens with two attached hydrogens (primary N) is 1. The number of amides is 1. The van der Waals surface area contributed by atoms with Crippen LogP contribution in [0, 0.1) is 5.92 Å². The SMILES string of the molecule is CNc1cc(N2C[C@@H]3C[C@H]2CO3)c(C(=O)N[C@H]2CC[C@H](C(F)(F)F)CC2)cc1N. The van der Waals surface area contributed by atoms with Crippen LogP contribution in [0.3, 0.4) is 0 Å². The zero-order chi connectivity index (χ0) is 20.8. The zero-order valence-corrected chi connectivity index (χ0v) is 16.4. The predicted molar refractivity (Wildman–Crippen MR) is 105 cm³/mol. The van der Waals surface area contributed by atoms with Gasteiger partial charge in [-0.1, -0.05) is 0 Å². The molecule has 1 saturated carbocycles. The fourth-order valence-corrected chi connectivity index (χ4v) is 4.76. The number of hydrogen-bond donors (Lipinski definition) is 3. The Labute approximate surface area is 167 Å². The summed E-state index contributed by atoms with van der Waals surface area (Å²) < 4.78 is 44.3. The van der Waals surface area contributed by atoms with Gasteiger partial charge in [0.2, 0.25) is 0 Å². The smallest absolute Gasteiger partial charge is 0.391 e. The van der Waals surface area contributed by atoms with Crippen LogP contribution in [0.25, 0.3) is 0 Å². The monoisotopic (exact) mass is 412 g/mol. The summed E-state index contributed by atoms with van der Waals surface area (Å²) in [5.41, 5.74) is 8.56. The largest absolute Gasteiger partial charge is 0.397 e. The maximum atomic E-state index is 13.1. The van der Waals surface area contributed by atoms with E-state index in [1.807, 2.05) is 6.07 Å². The molecule has 0 unspecified atom stereocenters. The Bertz CT molecular complexity index is 778. The normalized spacial score (nSPS) is 29.2. The van der Waals surface area contributed by atoms with E-state index in [-0.39, 0.29) is 36.9 Å². The van der Waals surface area contributed by atoms with Crippen molar-refractivity contribution in [3.05, 3.63) is 17.7 Å². The summed E-state index contributed by atoms with van der Waals surface area (Å²) in [4.78, 5) is 15.2. The van der Waals surface area contributed by atoms with Crippen molar-refractivity contribution in [1.82, 2.24) is 5.32 Å². The van der Waals surface area contributed by atoms with Gasteiger partial charge in [0.25, 0.3) is 5.91 Å². The molecule has 6 nitrogen and oxygen atoms in total. The Morgan fingerprint density at radius 3 is 2.52 bits per heavy atom. The van der Waals surface area contributed by atoms with E-state index in [2.05, 4.69) is 15.5 Å². The number of fused-ring (bicyclic) bond motifs is 2. The van der Waals surface area contributed by atoms with Crippen LogP contribution in [-0.4, -0.2) is 50.5 Å². The number of halogens is 3. The van der Waals surface area contributed by atoms with Gasteiger partial charge in [-0.2, -0.15) is 13.2 Å². The van der Waals surface area contributed by atoms with Gasteiger partial charge in [0.05, 0.1) is 47.3 Å². The van der Waals surface area contributed by atoms with Crippen molar-refractivity contribution in [2.45, 2.75) is 56.5 Å². The molecule has 1 aromatic carbocycles. The van der Waals surface area contributed by atoms with Crippen molar-refractivity contribution < 1.29 is 22.7 Å². The number of nitrogen functional groups attached to an aromatic ring is 1. The van der Waals surface area contributed by atoms with Crippen molar-refractivity contribution in [2.75, 3.05) is 36.1 Å². The average Bonchev–Trinajstić information content (AvgIpc) is 3.31. The quantitative estimate of drug-likeness (QED) is 0.662. The second kappa shape index (κ2) is 7.59. The fraction of sp³-hybridized carbons (Fsp3) is 0.650. The van der Waals surface area contributed by atoms with E-state index in [0.29, 0.717) is 37.2 Å². The van der Waals surface area contributed by atoms with E-state index in [0.717, 1.165) is 17.8 Å². The molecule has 1 aromatic rings. The lowest BCUT2D eigenvalue weighted by molar-refractivity contribution is -0.182. The molecule has 29 heavy (non-hydrogen) atoms. The number of carbonyl (C=O) groups excluding carboxylic acids is 1. The molecule has 2 heterocycles. The molecule has 3 fully saturated rings. The molecule has 9 heteroatoms. The first kappa shape index (κ1) is 20.1. The van der Waals surface area contributed by atoms with Gasteiger partial charge >= 0.3 is 6.18 Å². The van der Waals surface area contributed by atoms with Crippen LogP contribution in [0.1, 0.15) is 42.5 Å². The summed E-state index contributed by atoms with van der Waals surface area (Å²) in [5.74, 6) is -1.55. The highest BCUT2D eigenvalue weighted by Crippen LogP contribution is 2.39. The lowest BCUT2D eigenvalue weighted by Gasteiger charge is -2.33. The van der Waals surface area contributed by atoms with E-state index in [9.17, 15) is 18.0 Å². The summed E-state index contributed by atoms with van der Waals surface area (Å²) >= 11 is 0. The molecule has 2 bridgehead atoms. The van der Waals surface area contributed by atoms with Gasteiger partial charge in [-0.15, -0.1) is 0 Å². The molecule has 3 aliphatic rings. The van der Waals surface area contributed by atoms with Crippen LogP contribution in [0.5, 0.6) is 0 Å². The zero-order valence-electron chi connectivity index (χ0n) is 16.4. The third kappa shape index (κ3) is 3.97. The van der Waals surface area contributed by atoms with Crippen LogP contribution < -0.4 is 21.3 Å². The number of nitrogens with zero attached hydrogens (tertiary/aromatic N) is 1. The second-order valence-electron chi connectivity index (χ2n) is 8.27. The van der Waals surface area contributed by atoms with Gasteiger partial charge in [0.1, 0.15) is 0 Å². The van der Waals surface area contributed by atoms with Gasteiger partial charge in [-0.05, 0) is 44.2 Å². The minimum absolute atomic E-state index is 0.0509. The first-order valence-electron chi connectivity index (χ1n) is 10.1. The Hall–Kier alpha value is -2.16. The molecule has 4 rings (SSSR count). The summed E-state index contributed by atoms with van der Waals surface area (Å²) in [6.07, 6.45) is -2.29. The molecule has 4 N–H and O–H groups in total. The van der Waals surface area contributed by atoms with Crippen LogP contribution in [0.2, 0.25) is 0 Å². The summed E-state index contributed by atoms with van der Waals surface area (Å²) in [5, 5.41) is 5.99. The average molecular weight is 412 g/mol. The molecule has 0 aromatic heterocycles. The molecule has 2 saturated heterocycles. The number of alkyl halides is 3. The number of ether oxygens (including phenoxy) is 1. The third-order valence-electron chi connectivity index (χ3n) is 6.42. The standard InChI is InChI=1S/C20H27F3N4O2/c1-25-17-8-18(27-9-14-6-13(27)10-29-14)15(7-16(17)24)19(28)26-12-4-2-11(3-5-12)20(21,22)23/h7-8,11-14,25H,2-6,9-10,24H2,1H3,(H,26,28)/t11-,12-,13-,14-/m0/s1. The number of anilines is 3. The van der Waals surface area contributed by atoms with Crippen molar-refractivity contribution in [1.29, 1.82) is 0 Å². The maximum Gasteiger partial charge on any atom is 0.391 e. The number of rotatable bonds is 4. The van der Waals surface area contributed by atoms with Gasteiger partial charge in [-0.3, -0.25) is 4.79 Å². The molecule has 2 atom stereocenters. The summed E-state index contributed by atoms with van der Waals surface area (Å²) in [6.45, 7) is 1.35.